The van der Waals surface area contributed by atoms with Crippen molar-refractivity contribution in [1.82, 2.24) is 15.5 Å². The number of rotatable bonds is 6. The molecular formula is C16H19N5O3. The summed E-state index contributed by atoms with van der Waals surface area (Å²) >= 11 is 0. The Labute approximate surface area is 139 Å². The molecule has 1 aromatic heterocycles. The van der Waals surface area contributed by atoms with E-state index in [1.165, 1.54) is 0 Å². The van der Waals surface area contributed by atoms with Gasteiger partial charge in [-0.05, 0) is 43.2 Å². The van der Waals surface area contributed by atoms with Gasteiger partial charge in [-0.3, -0.25) is 10.1 Å². The first kappa shape index (κ1) is 17.2. The number of hydrogen-bond donors (Lipinski definition) is 3. The number of urea groups is 1. The number of nitrogens with one attached hydrogen (secondary N) is 2. The molecule has 0 saturated carbocycles. The molecule has 1 heterocycles. The monoisotopic (exact) mass is 329 g/mol. The van der Waals surface area contributed by atoms with E-state index in [4.69, 9.17) is 10.5 Å². The number of aromatic nitrogens is 2. The van der Waals surface area contributed by atoms with Gasteiger partial charge >= 0.3 is 6.03 Å². The van der Waals surface area contributed by atoms with Crippen LogP contribution in [0.2, 0.25) is 0 Å². The molecule has 0 atom stereocenters. The first-order valence-corrected chi connectivity index (χ1v) is 7.30. The summed E-state index contributed by atoms with van der Waals surface area (Å²) in [7, 11) is 0. The van der Waals surface area contributed by atoms with Gasteiger partial charge in [0.05, 0.1) is 5.69 Å². The number of anilines is 1. The van der Waals surface area contributed by atoms with Crippen molar-refractivity contribution in [3.8, 4) is 5.75 Å². The molecule has 4 N–H and O–H groups in total. The first-order valence-electron chi connectivity index (χ1n) is 7.30. The maximum Gasteiger partial charge on any atom is 0.320 e. The molecule has 0 spiro atoms. The molecule has 3 amide bonds. The second-order valence-electron chi connectivity index (χ2n) is 5.21. The summed E-state index contributed by atoms with van der Waals surface area (Å²) in [5.41, 5.74) is 7.61. The fraction of sp³-hybridized carbons (Fsp3) is 0.250. The first-order chi connectivity index (χ1) is 11.4. The number of nitrogens with zero attached hydrogens (tertiary/aromatic N) is 2. The fourth-order valence-corrected chi connectivity index (χ4v) is 1.85. The van der Waals surface area contributed by atoms with E-state index in [2.05, 4.69) is 20.8 Å². The molecule has 126 valence electrons. The van der Waals surface area contributed by atoms with Crippen LogP contribution in [0.15, 0.2) is 30.3 Å². The van der Waals surface area contributed by atoms with E-state index in [-0.39, 0.29) is 13.2 Å². The molecule has 0 radical (unpaired) electrons. The van der Waals surface area contributed by atoms with Gasteiger partial charge in [0.15, 0.2) is 12.4 Å². The molecule has 0 fully saturated rings. The molecule has 1 aromatic carbocycles. The Bertz CT molecular complexity index is 748. The SMILES string of the molecule is Cc1cc(NC(=O)NCc2cccc(OCC(N)=O)c2)nnc1C. The topological polar surface area (TPSA) is 119 Å². The molecule has 8 heteroatoms. The Morgan fingerprint density at radius 3 is 2.71 bits per heavy atom. The predicted molar refractivity (Wildman–Crippen MR) is 88.5 cm³/mol. The van der Waals surface area contributed by atoms with Crippen molar-refractivity contribution in [2.75, 3.05) is 11.9 Å². The number of hydrogen-bond acceptors (Lipinski definition) is 5. The molecule has 24 heavy (non-hydrogen) atoms. The molecule has 0 aliphatic heterocycles. The molecule has 8 nitrogen and oxygen atoms in total. The number of aryl methyl sites for hydroxylation is 2. The molecule has 2 aromatic rings. The van der Waals surface area contributed by atoms with Gasteiger partial charge in [-0.1, -0.05) is 12.1 Å². The number of primary amides is 1. The van der Waals surface area contributed by atoms with Crippen LogP contribution in [0.5, 0.6) is 5.75 Å². The largest absolute Gasteiger partial charge is 0.484 e. The lowest BCUT2D eigenvalue weighted by Gasteiger charge is -2.09. The van der Waals surface area contributed by atoms with E-state index in [0.717, 1.165) is 16.8 Å². The van der Waals surface area contributed by atoms with Gasteiger partial charge < -0.3 is 15.8 Å². The normalized spacial score (nSPS) is 10.1. The highest BCUT2D eigenvalue weighted by molar-refractivity contribution is 5.88. The zero-order valence-electron chi connectivity index (χ0n) is 13.5. The summed E-state index contributed by atoms with van der Waals surface area (Å²) in [4.78, 5) is 22.6. The summed E-state index contributed by atoms with van der Waals surface area (Å²) in [5, 5.41) is 13.2. The van der Waals surface area contributed by atoms with E-state index in [0.29, 0.717) is 11.6 Å². The number of ether oxygens (including phenoxy) is 1. The average Bonchev–Trinajstić information content (AvgIpc) is 2.55. The molecule has 0 aliphatic carbocycles. The quantitative estimate of drug-likeness (QED) is 0.737. The summed E-state index contributed by atoms with van der Waals surface area (Å²) in [6.07, 6.45) is 0. The van der Waals surface area contributed by atoms with Crippen molar-refractivity contribution in [2.45, 2.75) is 20.4 Å². The highest BCUT2D eigenvalue weighted by Crippen LogP contribution is 2.13. The maximum absolute atomic E-state index is 11.9. The van der Waals surface area contributed by atoms with Crippen molar-refractivity contribution in [1.29, 1.82) is 0 Å². The standard InChI is InChI=1S/C16H19N5O3/c1-10-6-15(21-20-11(10)2)19-16(23)18-8-12-4-3-5-13(7-12)24-9-14(17)22/h3-7H,8-9H2,1-2H3,(H2,17,22)(H2,18,19,21,23). The zero-order chi connectivity index (χ0) is 17.5. The minimum Gasteiger partial charge on any atom is -0.484 e. The Balaban J connectivity index is 1.88. The highest BCUT2D eigenvalue weighted by Gasteiger charge is 2.06. The van der Waals surface area contributed by atoms with Crippen LogP contribution in [0, 0.1) is 13.8 Å². The second kappa shape index (κ2) is 7.91. The smallest absolute Gasteiger partial charge is 0.320 e. The molecule has 0 aliphatic rings. The van der Waals surface area contributed by atoms with Gasteiger partial charge in [-0.15, -0.1) is 5.10 Å². The summed E-state index contributed by atoms with van der Waals surface area (Å²) in [6.45, 7) is 3.84. The third-order valence-corrected chi connectivity index (χ3v) is 3.21. The van der Waals surface area contributed by atoms with Gasteiger partial charge in [0.25, 0.3) is 5.91 Å². The number of carbonyl (C=O) groups is 2. The van der Waals surface area contributed by atoms with Gasteiger partial charge in [-0.2, -0.15) is 5.10 Å². The highest BCUT2D eigenvalue weighted by atomic mass is 16.5. The Hall–Kier alpha value is -3.16. The number of carbonyl (C=O) groups excluding carboxylic acids is 2. The van der Waals surface area contributed by atoms with E-state index in [9.17, 15) is 9.59 Å². The number of amides is 3. The Kier molecular flexibility index (Phi) is 5.67. The molecule has 0 bridgehead atoms. The van der Waals surface area contributed by atoms with Gasteiger partial charge in [0, 0.05) is 6.54 Å². The van der Waals surface area contributed by atoms with Gasteiger partial charge in [0.1, 0.15) is 5.75 Å². The lowest BCUT2D eigenvalue weighted by atomic mass is 10.2. The molecule has 2 rings (SSSR count). The third kappa shape index (κ3) is 5.24. The zero-order valence-corrected chi connectivity index (χ0v) is 13.5. The Morgan fingerprint density at radius 1 is 1.21 bits per heavy atom. The summed E-state index contributed by atoms with van der Waals surface area (Å²) < 4.78 is 5.21. The van der Waals surface area contributed by atoms with Crippen molar-refractivity contribution in [3.05, 3.63) is 47.2 Å². The molecule has 0 unspecified atom stereocenters. The van der Waals surface area contributed by atoms with Crippen molar-refractivity contribution in [2.24, 2.45) is 5.73 Å². The fourth-order valence-electron chi connectivity index (χ4n) is 1.85. The van der Waals surface area contributed by atoms with Crippen LogP contribution in [0.3, 0.4) is 0 Å². The third-order valence-electron chi connectivity index (χ3n) is 3.21. The minimum atomic E-state index is -0.549. The lowest BCUT2D eigenvalue weighted by molar-refractivity contribution is -0.119. The van der Waals surface area contributed by atoms with Crippen LogP contribution in [-0.2, 0) is 11.3 Å². The van der Waals surface area contributed by atoms with E-state index in [1.807, 2.05) is 19.9 Å². The van der Waals surface area contributed by atoms with Crippen molar-refractivity contribution >= 4 is 17.8 Å². The number of benzene rings is 1. The molecular weight excluding hydrogens is 310 g/mol. The lowest BCUT2D eigenvalue weighted by Crippen LogP contribution is -2.28. The van der Waals surface area contributed by atoms with Crippen LogP contribution < -0.4 is 21.1 Å². The maximum atomic E-state index is 11.9. The van der Waals surface area contributed by atoms with Crippen LogP contribution in [-0.4, -0.2) is 28.7 Å². The summed E-state index contributed by atoms with van der Waals surface area (Å²) in [6, 6.07) is 8.38. The van der Waals surface area contributed by atoms with Crippen LogP contribution in [0.1, 0.15) is 16.8 Å². The Morgan fingerprint density at radius 2 is 2.00 bits per heavy atom. The van der Waals surface area contributed by atoms with Crippen LogP contribution in [0.4, 0.5) is 10.6 Å². The predicted octanol–water partition coefficient (Wildman–Crippen LogP) is 1.28. The average molecular weight is 329 g/mol. The van der Waals surface area contributed by atoms with Gasteiger partial charge in [-0.25, -0.2) is 4.79 Å². The van der Waals surface area contributed by atoms with Crippen LogP contribution >= 0.6 is 0 Å². The second-order valence-corrected chi connectivity index (χ2v) is 5.21. The van der Waals surface area contributed by atoms with Crippen molar-refractivity contribution in [3.63, 3.8) is 0 Å². The minimum absolute atomic E-state index is 0.192. The van der Waals surface area contributed by atoms with E-state index < -0.39 is 11.9 Å². The van der Waals surface area contributed by atoms with E-state index >= 15 is 0 Å². The van der Waals surface area contributed by atoms with Crippen molar-refractivity contribution < 1.29 is 14.3 Å². The van der Waals surface area contributed by atoms with Crippen LogP contribution in [0.25, 0.3) is 0 Å². The van der Waals surface area contributed by atoms with E-state index in [1.54, 1.807) is 24.3 Å². The number of nitrogens with two attached hydrogens (primary N) is 1. The summed E-state index contributed by atoms with van der Waals surface area (Å²) in [5.74, 6) is 0.343. The molecule has 0 saturated heterocycles. The van der Waals surface area contributed by atoms with Gasteiger partial charge in [0.2, 0.25) is 0 Å².